The quantitative estimate of drug-likeness (QED) is 0.0343. The maximum absolute atomic E-state index is 12.8. The van der Waals surface area contributed by atoms with E-state index in [1.54, 1.807) is 0 Å². The van der Waals surface area contributed by atoms with Gasteiger partial charge in [0.15, 0.2) is 6.10 Å². The molecule has 0 bridgehead atoms. The monoisotopic (exact) mass is 933 g/mol. The van der Waals surface area contributed by atoms with Crippen molar-refractivity contribution in [1.29, 1.82) is 0 Å². The molecular weight excluding hydrogens is 817 g/mol. The number of hydrogen-bond donors (Lipinski definition) is 0. The molecule has 6 heteroatoms. The molecule has 0 spiro atoms. The molecule has 0 aliphatic rings. The summed E-state index contributed by atoms with van der Waals surface area (Å²) in [7, 11) is 0. The molecule has 0 aromatic heterocycles. The van der Waals surface area contributed by atoms with Gasteiger partial charge in [0.1, 0.15) is 13.2 Å². The van der Waals surface area contributed by atoms with Crippen LogP contribution in [-0.2, 0) is 28.6 Å². The lowest BCUT2D eigenvalue weighted by Crippen LogP contribution is -2.30. The van der Waals surface area contributed by atoms with Gasteiger partial charge < -0.3 is 14.2 Å². The van der Waals surface area contributed by atoms with E-state index in [2.05, 4.69) is 20.8 Å². The summed E-state index contributed by atoms with van der Waals surface area (Å²) in [4.78, 5) is 38.1. The highest BCUT2D eigenvalue weighted by molar-refractivity contribution is 5.71. The van der Waals surface area contributed by atoms with Crippen LogP contribution in [0.2, 0.25) is 0 Å². The molecule has 392 valence electrons. The van der Waals surface area contributed by atoms with Crippen LogP contribution in [0.3, 0.4) is 0 Å². The normalized spacial score (nSPS) is 11.9. The van der Waals surface area contributed by atoms with Crippen LogP contribution in [-0.4, -0.2) is 37.2 Å². The number of unbranched alkanes of at least 4 members (excludes halogenated alkanes) is 45. The number of esters is 3. The van der Waals surface area contributed by atoms with Crippen molar-refractivity contribution in [2.45, 2.75) is 354 Å². The van der Waals surface area contributed by atoms with Crippen LogP contribution in [0.15, 0.2) is 0 Å². The summed E-state index contributed by atoms with van der Waals surface area (Å²) in [6.07, 6.45) is 62.5. The summed E-state index contributed by atoms with van der Waals surface area (Å²) in [5, 5.41) is 0. The smallest absolute Gasteiger partial charge is 0.306 e. The van der Waals surface area contributed by atoms with Crippen molar-refractivity contribution in [1.82, 2.24) is 0 Å². The molecule has 0 amide bonds. The molecule has 0 fully saturated rings. The maximum atomic E-state index is 12.8. The first kappa shape index (κ1) is 64.4. The highest BCUT2D eigenvalue weighted by atomic mass is 16.6. The van der Waals surface area contributed by atoms with Crippen molar-refractivity contribution in [3.8, 4) is 0 Å². The zero-order valence-electron chi connectivity index (χ0n) is 45.0. The molecule has 0 N–H and O–H groups in total. The fraction of sp³-hybridized carbons (Fsp3) is 0.950. The third-order valence-electron chi connectivity index (χ3n) is 13.9. The summed E-state index contributed by atoms with van der Waals surface area (Å²) in [5.74, 6) is -0.833. The molecule has 0 aliphatic heterocycles. The van der Waals surface area contributed by atoms with Crippen LogP contribution < -0.4 is 0 Å². The average molecular weight is 934 g/mol. The first-order valence-electron chi connectivity index (χ1n) is 30.0. The first-order valence-corrected chi connectivity index (χ1v) is 30.0. The molecule has 1 atom stereocenters. The van der Waals surface area contributed by atoms with Crippen molar-refractivity contribution in [2.24, 2.45) is 0 Å². The van der Waals surface area contributed by atoms with E-state index in [0.29, 0.717) is 19.3 Å². The molecule has 0 heterocycles. The fourth-order valence-corrected chi connectivity index (χ4v) is 9.33. The van der Waals surface area contributed by atoms with E-state index in [4.69, 9.17) is 14.2 Å². The van der Waals surface area contributed by atoms with Crippen molar-refractivity contribution >= 4 is 17.9 Å². The Labute approximate surface area is 412 Å². The van der Waals surface area contributed by atoms with Gasteiger partial charge in [-0.3, -0.25) is 14.4 Å². The summed E-state index contributed by atoms with van der Waals surface area (Å²) >= 11 is 0. The van der Waals surface area contributed by atoms with Crippen LogP contribution in [0.25, 0.3) is 0 Å². The van der Waals surface area contributed by atoms with Crippen LogP contribution >= 0.6 is 0 Å². The van der Waals surface area contributed by atoms with Gasteiger partial charge in [0.25, 0.3) is 0 Å². The Balaban J connectivity index is 4.20. The second kappa shape index (κ2) is 56.0. The number of hydrogen-bond acceptors (Lipinski definition) is 6. The van der Waals surface area contributed by atoms with Gasteiger partial charge >= 0.3 is 17.9 Å². The lowest BCUT2D eigenvalue weighted by Gasteiger charge is -2.18. The molecule has 0 aromatic rings. The molecule has 0 aliphatic carbocycles. The number of ether oxygens (including phenoxy) is 3. The van der Waals surface area contributed by atoms with Crippen LogP contribution in [0.4, 0.5) is 0 Å². The van der Waals surface area contributed by atoms with Crippen molar-refractivity contribution < 1.29 is 28.6 Å². The van der Waals surface area contributed by atoms with E-state index >= 15 is 0 Å². The Morgan fingerprint density at radius 2 is 0.409 bits per heavy atom. The summed E-state index contributed by atoms with van der Waals surface area (Å²) in [6.45, 7) is 6.70. The number of rotatable bonds is 56. The van der Waals surface area contributed by atoms with E-state index in [9.17, 15) is 14.4 Å². The van der Waals surface area contributed by atoms with Crippen molar-refractivity contribution in [2.75, 3.05) is 13.2 Å². The lowest BCUT2D eigenvalue weighted by molar-refractivity contribution is -0.167. The minimum atomic E-state index is -0.761. The van der Waals surface area contributed by atoms with Gasteiger partial charge in [0, 0.05) is 19.3 Å². The fourth-order valence-electron chi connectivity index (χ4n) is 9.33. The van der Waals surface area contributed by atoms with Crippen molar-refractivity contribution in [3.63, 3.8) is 0 Å². The van der Waals surface area contributed by atoms with E-state index in [-0.39, 0.29) is 31.1 Å². The molecule has 0 saturated heterocycles. The van der Waals surface area contributed by atoms with Gasteiger partial charge in [-0.05, 0) is 19.3 Å². The van der Waals surface area contributed by atoms with Gasteiger partial charge in [-0.1, -0.05) is 310 Å². The topological polar surface area (TPSA) is 78.9 Å². The number of carbonyl (C=O) groups is 3. The maximum Gasteiger partial charge on any atom is 0.306 e. The van der Waals surface area contributed by atoms with E-state index in [1.807, 2.05) is 0 Å². The second-order valence-electron chi connectivity index (χ2n) is 20.6. The van der Waals surface area contributed by atoms with Gasteiger partial charge in [-0.25, -0.2) is 0 Å². The van der Waals surface area contributed by atoms with Crippen LogP contribution in [0.5, 0.6) is 0 Å². The molecular formula is C60H116O6. The Morgan fingerprint density at radius 3 is 0.606 bits per heavy atom. The summed E-state index contributed by atoms with van der Waals surface area (Å²) in [6, 6.07) is 0. The average Bonchev–Trinajstić information content (AvgIpc) is 3.31. The third-order valence-corrected chi connectivity index (χ3v) is 13.9. The Bertz CT molecular complexity index is 982. The predicted octanol–water partition coefficient (Wildman–Crippen LogP) is 19.9. The molecule has 66 heavy (non-hydrogen) atoms. The first-order chi connectivity index (χ1) is 32.5. The van der Waals surface area contributed by atoms with E-state index in [0.717, 1.165) is 57.8 Å². The minimum absolute atomic E-state index is 0.0611. The molecule has 0 rings (SSSR count). The highest BCUT2D eigenvalue weighted by Gasteiger charge is 2.19. The Kier molecular flexibility index (Phi) is 54.7. The van der Waals surface area contributed by atoms with Gasteiger partial charge in [0.05, 0.1) is 0 Å². The third kappa shape index (κ3) is 53.4. The molecule has 0 aromatic carbocycles. The molecule has 0 radical (unpaired) electrons. The van der Waals surface area contributed by atoms with Gasteiger partial charge in [0.2, 0.25) is 0 Å². The van der Waals surface area contributed by atoms with Crippen molar-refractivity contribution in [3.05, 3.63) is 0 Å². The van der Waals surface area contributed by atoms with E-state index < -0.39 is 6.10 Å². The summed E-state index contributed by atoms with van der Waals surface area (Å²) in [5.41, 5.74) is 0. The SMILES string of the molecule is CCCCCCCCCCCCCCCCCCCCCCC(=O)OCC(COC(=O)CCCCCCCCCCCC)OC(=O)CCCCCCCCCCCCCCCCCCCC. The zero-order chi connectivity index (χ0) is 47.9. The van der Waals surface area contributed by atoms with Gasteiger partial charge in [-0.15, -0.1) is 0 Å². The largest absolute Gasteiger partial charge is 0.462 e. The van der Waals surface area contributed by atoms with Crippen LogP contribution in [0, 0.1) is 0 Å². The summed E-state index contributed by atoms with van der Waals surface area (Å²) < 4.78 is 16.9. The van der Waals surface area contributed by atoms with E-state index in [1.165, 1.54) is 250 Å². The molecule has 0 saturated carbocycles. The number of carbonyl (C=O) groups excluding carboxylic acids is 3. The Hall–Kier alpha value is -1.59. The van der Waals surface area contributed by atoms with Crippen LogP contribution in [0.1, 0.15) is 348 Å². The minimum Gasteiger partial charge on any atom is -0.462 e. The molecule has 1 unspecified atom stereocenters. The standard InChI is InChI=1S/C60H116O6/c1-4-7-10-13-16-19-22-24-26-28-30-31-33-34-36-38-41-44-47-50-53-59(62)65-56-57(55-64-58(61)52-49-46-43-40-21-18-15-12-9-6-3)66-60(63)54-51-48-45-42-39-37-35-32-29-27-25-23-20-17-14-11-8-5-2/h57H,4-56H2,1-3H3. The predicted molar refractivity (Wildman–Crippen MR) is 284 cm³/mol. The zero-order valence-corrected chi connectivity index (χ0v) is 45.0. The molecule has 6 nitrogen and oxygen atoms in total. The van der Waals surface area contributed by atoms with Gasteiger partial charge in [-0.2, -0.15) is 0 Å². The lowest BCUT2D eigenvalue weighted by atomic mass is 10.0. The highest BCUT2D eigenvalue weighted by Crippen LogP contribution is 2.18. The Morgan fingerprint density at radius 1 is 0.242 bits per heavy atom. The second-order valence-corrected chi connectivity index (χ2v) is 20.6.